The van der Waals surface area contributed by atoms with E-state index in [9.17, 15) is 13.2 Å². The van der Waals surface area contributed by atoms with E-state index in [1.165, 1.54) is 22.5 Å². The number of rotatable bonds is 5. The highest BCUT2D eigenvalue weighted by atomic mass is 35.5. The maximum atomic E-state index is 12.9. The van der Waals surface area contributed by atoms with Gasteiger partial charge in [0.1, 0.15) is 0 Å². The molecule has 1 aromatic carbocycles. The molecule has 2 aliphatic rings. The number of hydrogen-bond acceptors (Lipinski definition) is 4. The van der Waals surface area contributed by atoms with Crippen LogP contribution in [0.1, 0.15) is 43.0 Å². The van der Waals surface area contributed by atoms with Crippen molar-refractivity contribution in [2.45, 2.75) is 43.6 Å². The predicted molar refractivity (Wildman–Crippen MR) is 99.9 cm³/mol. The van der Waals surface area contributed by atoms with Crippen LogP contribution in [0, 0.1) is 5.92 Å². The van der Waals surface area contributed by atoms with Crippen molar-refractivity contribution in [1.82, 2.24) is 9.62 Å². The fraction of sp³-hybridized carbons (Fsp3) is 0.611. The molecule has 1 amide bonds. The van der Waals surface area contributed by atoms with Crippen LogP contribution in [0.2, 0.25) is 5.02 Å². The van der Waals surface area contributed by atoms with E-state index in [0.29, 0.717) is 32.2 Å². The van der Waals surface area contributed by atoms with Crippen molar-refractivity contribution in [3.63, 3.8) is 0 Å². The van der Waals surface area contributed by atoms with E-state index >= 15 is 0 Å². The number of nitrogens with zero attached hydrogens (tertiary/aromatic N) is 1. The third kappa shape index (κ3) is 4.39. The van der Waals surface area contributed by atoms with Crippen molar-refractivity contribution in [3.8, 4) is 0 Å². The van der Waals surface area contributed by atoms with Crippen molar-refractivity contribution in [2.24, 2.45) is 5.92 Å². The molecule has 8 heteroatoms. The molecule has 2 fully saturated rings. The van der Waals surface area contributed by atoms with Crippen LogP contribution >= 0.6 is 11.6 Å². The second kappa shape index (κ2) is 8.25. The van der Waals surface area contributed by atoms with Gasteiger partial charge < -0.3 is 10.1 Å². The van der Waals surface area contributed by atoms with Gasteiger partial charge in [-0.3, -0.25) is 4.79 Å². The lowest BCUT2D eigenvalue weighted by atomic mass is 10.0. The Morgan fingerprint density at radius 3 is 2.69 bits per heavy atom. The summed E-state index contributed by atoms with van der Waals surface area (Å²) in [4.78, 5) is 12.6. The molecule has 1 N–H and O–H groups in total. The van der Waals surface area contributed by atoms with E-state index < -0.39 is 10.0 Å². The van der Waals surface area contributed by atoms with Gasteiger partial charge in [0.05, 0.1) is 21.6 Å². The van der Waals surface area contributed by atoms with Crippen LogP contribution in [0.25, 0.3) is 0 Å². The Morgan fingerprint density at radius 2 is 2.04 bits per heavy atom. The molecule has 0 bridgehead atoms. The molecular formula is C18H25ClN2O4S. The molecule has 6 nitrogen and oxygen atoms in total. The zero-order valence-corrected chi connectivity index (χ0v) is 16.5. The first-order valence-corrected chi connectivity index (χ1v) is 10.9. The second-order valence-corrected chi connectivity index (χ2v) is 9.42. The number of nitrogens with one attached hydrogen (secondary N) is 1. The third-order valence-corrected chi connectivity index (χ3v) is 7.30. The average Bonchev–Trinajstić information content (AvgIpc) is 3.14. The number of sulfonamides is 1. The first-order valence-electron chi connectivity index (χ1n) is 9.07. The Hall–Kier alpha value is -1.15. The summed E-state index contributed by atoms with van der Waals surface area (Å²) in [7, 11) is -3.62. The Kier molecular flexibility index (Phi) is 6.22. The van der Waals surface area contributed by atoms with E-state index in [4.69, 9.17) is 16.3 Å². The monoisotopic (exact) mass is 400 g/mol. The van der Waals surface area contributed by atoms with Crippen LogP contribution in [-0.4, -0.2) is 51.0 Å². The summed E-state index contributed by atoms with van der Waals surface area (Å²) >= 11 is 6.14. The third-order valence-electron chi connectivity index (χ3n) is 5.08. The summed E-state index contributed by atoms with van der Waals surface area (Å²) < 4.78 is 32.7. The maximum Gasteiger partial charge on any atom is 0.252 e. The van der Waals surface area contributed by atoms with Crippen LogP contribution in [0.4, 0.5) is 0 Å². The summed E-state index contributed by atoms with van der Waals surface area (Å²) in [5.41, 5.74) is 0.177. The number of ether oxygens (including phenoxy) is 1. The summed E-state index contributed by atoms with van der Waals surface area (Å²) in [6.45, 7) is 4.25. The fourth-order valence-electron chi connectivity index (χ4n) is 3.32. The minimum Gasteiger partial charge on any atom is -0.376 e. The lowest BCUT2D eigenvalue weighted by Gasteiger charge is -2.29. The fourth-order valence-corrected chi connectivity index (χ4v) is 5.02. The Balaban J connectivity index is 1.74. The highest BCUT2D eigenvalue weighted by molar-refractivity contribution is 7.89. The summed E-state index contributed by atoms with van der Waals surface area (Å²) in [5.74, 6) is 0.153. The number of halogens is 1. The smallest absolute Gasteiger partial charge is 0.252 e. The number of benzene rings is 1. The minimum absolute atomic E-state index is 0.0139. The number of carbonyl (C=O) groups is 1. The molecule has 0 aromatic heterocycles. The highest BCUT2D eigenvalue weighted by Crippen LogP contribution is 2.26. The van der Waals surface area contributed by atoms with E-state index in [2.05, 4.69) is 12.2 Å². The normalized spacial score (nSPS) is 22.5. The van der Waals surface area contributed by atoms with Crippen LogP contribution in [-0.2, 0) is 14.8 Å². The molecule has 0 unspecified atom stereocenters. The molecular weight excluding hydrogens is 376 g/mol. The first kappa shape index (κ1) is 19.6. The molecule has 2 saturated heterocycles. The predicted octanol–water partition coefficient (Wildman–Crippen LogP) is 2.67. The van der Waals surface area contributed by atoms with Crippen LogP contribution in [0.15, 0.2) is 23.1 Å². The molecule has 144 valence electrons. The molecule has 26 heavy (non-hydrogen) atoms. The van der Waals surface area contributed by atoms with Gasteiger partial charge in [-0.15, -0.1) is 0 Å². The van der Waals surface area contributed by atoms with Gasteiger partial charge in [-0.25, -0.2) is 8.42 Å². The number of carbonyl (C=O) groups excluding carboxylic acids is 1. The van der Waals surface area contributed by atoms with Crippen molar-refractivity contribution >= 4 is 27.5 Å². The van der Waals surface area contributed by atoms with Crippen molar-refractivity contribution in [2.75, 3.05) is 26.2 Å². The summed E-state index contributed by atoms with van der Waals surface area (Å²) in [5, 5.41) is 3.03. The maximum absolute atomic E-state index is 12.9. The van der Waals surface area contributed by atoms with E-state index in [1.807, 2.05) is 0 Å². The molecule has 0 spiro atoms. The zero-order valence-electron chi connectivity index (χ0n) is 14.9. The molecule has 0 aliphatic carbocycles. The Bertz CT molecular complexity index is 754. The lowest BCUT2D eigenvalue weighted by molar-refractivity contribution is 0.0857. The van der Waals surface area contributed by atoms with Crippen molar-refractivity contribution < 1.29 is 17.9 Å². The van der Waals surface area contributed by atoms with Crippen molar-refractivity contribution in [1.29, 1.82) is 0 Å². The molecule has 1 aromatic rings. The zero-order chi connectivity index (χ0) is 18.7. The first-order chi connectivity index (χ1) is 12.4. The van der Waals surface area contributed by atoms with Gasteiger partial charge in [-0.1, -0.05) is 18.5 Å². The van der Waals surface area contributed by atoms with Gasteiger partial charge >= 0.3 is 0 Å². The minimum atomic E-state index is -3.62. The van der Waals surface area contributed by atoms with E-state index in [-0.39, 0.29) is 27.5 Å². The van der Waals surface area contributed by atoms with Crippen LogP contribution in [0.5, 0.6) is 0 Å². The van der Waals surface area contributed by atoms with Crippen molar-refractivity contribution in [3.05, 3.63) is 28.8 Å². The molecule has 0 saturated carbocycles. The van der Waals surface area contributed by atoms with Crippen LogP contribution < -0.4 is 5.32 Å². The van der Waals surface area contributed by atoms with Gasteiger partial charge in [-0.05, 0) is 49.8 Å². The standard InChI is InChI=1S/C18H25ClN2O4S/c1-13-6-8-21(9-7-13)26(23,24)15-4-5-17(19)16(11-15)18(22)20-12-14-3-2-10-25-14/h4-5,11,13-14H,2-3,6-10,12H2,1H3,(H,20,22)/t14-/m1/s1. The summed E-state index contributed by atoms with van der Waals surface area (Å²) in [6.07, 6.45) is 3.61. The highest BCUT2D eigenvalue weighted by Gasteiger charge is 2.29. The Morgan fingerprint density at radius 1 is 1.31 bits per heavy atom. The van der Waals surface area contributed by atoms with Crippen LogP contribution in [0.3, 0.4) is 0 Å². The molecule has 2 heterocycles. The van der Waals surface area contributed by atoms with E-state index in [0.717, 1.165) is 25.7 Å². The number of amides is 1. The lowest BCUT2D eigenvalue weighted by Crippen LogP contribution is -2.38. The molecule has 3 rings (SSSR count). The quantitative estimate of drug-likeness (QED) is 0.824. The Labute approximate surface area is 159 Å². The SMILES string of the molecule is CC1CCN(S(=O)(=O)c2ccc(Cl)c(C(=O)NC[C@H]3CCCO3)c2)CC1. The molecule has 1 atom stereocenters. The second-order valence-electron chi connectivity index (χ2n) is 7.07. The number of hydrogen-bond donors (Lipinski definition) is 1. The van der Waals surface area contributed by atoms with Gasteiger partial charge in [0, 0.05) is 26.2 Å². The topological polar surface area (TPSA) is 75.7 Å². The van der Waals surface area contributed by atoms with E-state index in [1.54, 1.807) is 0 Å². The summed E-state index contributed by atoms with van der Waals surface area (Å²) in [6, 6.07) is 4.31. The largest absolute Gasteiger partial charge is 0.376 e. The van der Waals surface area contributed by atoms with Gasteiger partial charge in [0.15, 0.2) is 0 Å². The molecule has 0 radical (unpaired) electrons. The van der Waals surface area contributed by atoms with Gasteiger partial charge in [0.25, 0.3) is 5.91 Å². The average molecular weight is 401 g/mol. The van der Waals surface area contributed by atoms with Gasteiger partial charge in [0.2, 0.25) is 10.0 Å². The molecule has 2 aliphatic heterocycles. The van der Waals surface area contributed by atoms with Gasteiger partial charge in [-0.2, -0.15) is 4.31 Å². The number of piperidine rings is 1.